The summed E-state index contributed by atoms with van der Waals surface area (Å²) in [6.45, 7) is 6.03. The molecule has 0 N–H and O–H groups in total. The van der Waals surface area contributed by atoms with Crippen LogP contribution in [0.25, 0.3) is 11.0 Å². The number of rotatable bonds is 1. The molecule has 3 heteroatoms. The second kappa shape index (κ2) is 2.99. The molecule has 78 valence electrons. The number of aromatic nitrogens is 2. The summed E-state index contributed by atoms with van der Waals surface area (Å²) in [6, 6.07) is 4.30. The van der Waals surface area contributed by atoms with Gasteiger partial charge in [-0.3, -0.25) is 0 Å². The highest BCUT2D eigenvalue weighted by molar-refractivity contribution is 5.83. The largest absolute Gasteiger partial charge is 0.489 e. The zero-order valence-electron chi connectivity index (χ0n) is 9.03. The van der Waals surface area contributed by atoms with E-state index in [2.05, 4.69) is 35.5 Å². The van der Waals surface area contributed by atoms with Gasteiger partial charge >= 0.3 is 0 Å². The van der Waals surface area contributed by atoms with E-state index in [1.165, 1.54) is 5.56 Å². The highest BCUT2D eigenvalue weighted by atomic mass is 16.5. The number of ether oxygens (including phenoxy) is 1. The summed E-state index contributed by atoms with van der Waals surface area (Å²) in [4.78, 5) is 4.42. The third-order valence-electron chi connectivity index (χ3n) is 2.96. The normalized spacial score (nSPS) is 14.6. The molecule has 0 unspecified atom stereocenters. The molecule has 1 aromatic heterocycles. The zero-order chi connectivity index (χ0) is 10.4. The summed E-state index contributed by atoms with van der Waals surface area (Å²) in [5, 5.41) is 0. The lowest BCUT2D eigenvalue weighted by Gasteiger charge is -2.17. The maximum absolute atomic E-state index is 5.68. The average Bonchev–Trinajstić information content (AvgIpc) is 2.64. The van der Waals surface area contributed by atoms with Crippen LogP contribution in [0.5, 0.6) is 5.75 Å². The molecule has 0 saturated heterocycles. The fraction of sp³-hybridized carbons (Fsp3) is 0.417. The fourth-order valence-corrected chi connectivity index (χ4v) is 2.06. The van der Waals surface area contributed by atoms with E-state index in [0.29, 0.717) is 5.92 Å². The quantitative estimate of drug-likeness (QED) is 0.710. The Labute approximate surface area is 88.7 Å². The lowest BCUT2D eigenvalue weighted by Crippen LogP contribution is -2.13. The Morgan fingerprint density at radius 3 is 3.07 bits per heavy atom. The standard InChI is InChI=1S/C12H14N2O/c1-8(2)9-5-10-12-11(6-9)15-4-3-14(12)7-13-10/h5-8H,3-4H2,1-2H3. The van der Waals surface area contributed by atoms with E-state index < -0.39 is 0 Å². The topological polar surface area (TPSA) is 27.1 Å². The van der Waals surface area contributed by atoms with E-state index in [9.17, 15) is 0 Å². The van der Waals surface area contributed by atoms with Crippen LogP contribution in [-0.2, 0) is 6.54 Å². The summed E-state index contributed by atoms with van der Waals surface area (Å²) >= 11 is 0. The van der Waals surface area contributed by atoms with Gasteiger partial charge in [-0.2, -0.15) is 0 Å². The zero-order valence-corrected chi connectivity index (χ0v) is 9.03. The van der Waals surface area contributed by atoms with Gasteiger partial charge in [-0.1, -0.05) is 13.8 Å². The summed E-state index contributed by atoms with van der Waals surface area (Å²) in [6.07, 6.45) is 1.90. The summed E-state index contributed by atoms with van der Waals surface area (Å²) in [5.74, 6) is 1.50. The third-order valence-corrected chi connectivity index (χ3v) is 2.96. The van der Waals surface area contributed by atoms with Gasteiger partial charge in [0.15, 0.2) is 0 Å². The summed E-state index contributed by atoms with van der Waals surface area (Å²) < 4.78 is 7.85. The van der Waals surface area contributed by atoms with Crippen LogP contribution < -0.4 is 4.74 Å². The van der Waals surface area contributed by atoms with Gasteiger partial charge in [0.25, 0.3) is 0 Å². The Kier molecular flexibility index (Phi) is 1.75. The van der Waals surface area contributed by atoms with Crippen molar-refractivity contribution in [1.29, 1.82) is 0 Å². The van der Waals surface area contributed by atoms with Gasteiger partial charge in [0.1, 0.15) is 17.9 Å². The minimum absolute atomic E-state index is 0.515. The molecule has 3 rings (SSSR count). The molecule has 15 heavy (non-hydrogen) atoms. The lowest BCUT2D eigenvalue weighted by molar-refractivity contribution is 0.286. The third kappa shape index (κ3) is 1.23. The second-order valence-electron chi connectivity index (χ2n) is 4.33. The first-order chi connectivity index (χ1) is 7.25. The molecule has 2 aromatic rings. The van der Waals surface area contributed by atoms with E-state index in [0.717, 1.165) is 29.9 Å². The van der Waals surface area contributed by atoms with E-state index >= 15 is 0 Å². The maximum atomic E-state index is 5.68. The van der Waals surface area contributed by atoms with Crippen molar-refractivity contribution in [2.45, 2.75) is 26.3 Å². The van der Waals surface area contributed by atoms with Gasteiger partial charge in [-0.25, -0.2) is 4.98 Å². The highest BCUT2D eigenvalue weighted by Crippen LogP contribution is 2.32. The Morgan fingerprint density at radius 1 is 1.40 bits per heavy atom. The van der Waals surface area contributed by atoms with Crippen LogP contribution in [0.15, 0.2) is 18.5 Å². The molecule has 1 aliphatic rings. The highest BCUT2D eigenvalue weighted by Gasteiger charge is 2.16. The first kappa shape index (κ1) is 8.77. The van der Waals surface area contributed by atoms with Gasteiger partial charge < -0.3 is 9.30 Å². The van der Waals surface area contributed by atoms with Gasteiger partial charge in [-0.15, -0.1) is 0 Å². The molecular formula is C12H14N2O. The van der Waals surface area contributed by atoms with E-state index in [-0.39, 0.29) is 0 Å². The van der Waals surface area contributed by atoms with Crippen LogP contribution in [-0.4, -0.2) is 16.2 Å². The van der Waals surface area contributed by atoms with E-state index in [1.54, 1.807) is 0 Å². The molecule has 0 fully saturated rings. The molecule has 0 bridgehead atoms. The van der Waals surface area contributed by atoms with Gasteiger partial charge in [-0.05, 0) is 23.6 Å². The van der Waals surface area contributed by atoms with Crippen molar-refractivity contribution in [3.8, 4) is 5.75 Å². The fourth-order valence-electron chi connectivity index (χ4n) is 2.06. The molecule has 0 radical (unpaired) electrons. The Bertz CT molecular complexity index is 514. The predicted octanol–water partition coefficient (Wildman–Crippen LogP) is 2.55. The summed E-state index contributed by atoms with van der Waals surface area (Å²) in [7, 11) is 0. The SMILES string of the molecule is CC(C)c1cc2c3c(c1)ncn3CCO2. The first-order valence-corrected chi connectivity index (χ1v) is 5.37. The monoisotopic (exact) mass is 202 g/mol. The van der Waals surface area contributed by atoms with Crippen molar-refractivity contribution in [3.63, 3.8) is 0 Å². The molecular weight excluding hydrogens is 188 g/mol. The Balaban J connectivity index is 2.31. The predicted molar refractivity (Wildman–Crippen MR) is 59.3 cm³/mol. The molecule has 0 amide bonds. The number of imidazole rings is 1. The molecule has 0 spiro atoms. The number of nitrogens with zero attached hydrogens (tertiary/aromatic N) is 2. The van der Waals surface area contributed by atoms with Crippen molar-refractivity contribution in [3.05, 3.63) is 24.0 Å². The number of benzene rings is 1. The van der Waals surface area contributed by atoms with E-state index in [4.69, 9.17) is 4.74 Å². The number of hydrogen-bond acceptors (Lipinski definition) is 2. The second-order valence-corrected chi connectivity index (χ2v) is 4.33. The maximum Gasteiger partial charge on any atom is 0.145 e. The number of hydrogen-bond donors (Lipinski definition) is 0. The van der Waals surface area contributed by atoms with Gasteiger partial charge in [0.2, 0.25) is 0 Å². The molecule has 0 saturated carbocycles. The smallest absolute Gasteiger partial charge is 0.145 e. The lowest BCUT2D eigenvalue weighted by atomic mass is 10.0. The van der Waals surface area contributed by atoms with Crippen LogP contribution in [0, 0.1) is 0 Å². The van der Waals surface area contributed by atoms with Crippen molar-refractivity contribution in [2.75, 3.05) is 6.61 Å². The van der Waals surface area contributed by atoms with Crippen molar-refractivity contribution in [2.24, 2.45) is 0 Å². The van der Waals surface area contributed by atoms with Crippen molar-refractivity contribution in [1.82, 2.24) is 9.55 Å². The minimum atomic E-state index is 0.515. The van der Waals surface area contributed by atoms with Crippen LogP contribution in [0.2, 0.25) is 0 Å². The average molecular weight is 202 g/mol. The van der Waals surface area contributed by atoms with Gasteiger partial charge in [0.05, 0.1) is 18.4 Å². The van der Waals surface area contributed by atoms with Crippen molar-refractivity contribution < 1.29 is 4.74 Å². The minimum Gasteiger partial charge on any atom is -0.489 e. The van der Waals surface area contributed by atoms with E-state index in [1.807, 2.05) is 6.33 Å². The Hall–Kier alpha value is -1.51. The molecule has 1 aromatic carbocycles. The molecule has 0 atom stereocenters. The summed E-state index contributed by atoms with van der Waals surface area (Å²) in [5.41, 5.74) is 3.49. The van der Waals surface area contributed by atoms with Crippen LogP contribution >= 0.6 is 0 Å². The molecule has 3 nitrogen and oxygen atoms in total. The molecule has 2 heterocycles. The first-order valence-electron chi connectivity index (χ1n) is 5.37. The molecule has 1 aliphatic heterocycles. The van der Waals surface area contributed by atoms with Crippen molar-refractivity contribution >= 4 is 11.0 Å². The van der Waals surface area contributed by atoms with Gasteiger partial charge in [0, 0.05) is 0 Å². The Morgan fingerprint density at radius 2 is 2.27 bits per heavy atom. The van der Waals surface area contributed by atoms with Crippen LogP contribution in [0.1, 0.15) is 25.3 Å². The van der Waals surface area contributed by atoms with Crippen LogP contribution in [0.3, 0.4) is 0 Å². The molecule has 0 aliphatic carbocycles. The van der Waals surface area contributed by atoms with Crippen LogP contribution in [0.4, 0.5) is 0 Å².